The van der Waals surface area contributed by atoms with Crippen LogP contribution >= 0.6 is 0 Å². The first-order chi connectivity index (χ1) is 9.83. The van der Waals surface area contributed by atoms with E-state index in [1.54, 1.807) is 0 Å². The average molecular weight is 316 g/mol. The number of nitrogens with zero attached hydrogens (tertiary/aromatic N) is 4. The van der Waals surface area contributed by atoms with Gasteiger partial charge in [0.2, 0.25) is 0 Å². The van der Waals surface area contributed by atoms with Crippen LogP contribution in [0.3, 0.4) is 0 Å². The Morgan fingerprint density at radius 1 is 1.29 bits per heavy atom. The fraction of sp³-hybridized carbons (Fsp3) is 0.833. The van der Waals surface area contributed by atoms with E-state index in [2.05, 4.69) is 20.2 Å². The Balaban J connectivity index is 2.34. The Bertz CT molecular complexity index is 581. The second kappa shape index (κ2) is 6.39. The van der Waals surface area contributed by atoms with Crippen LogP contribution < -0.4 is 10.0 Å². The number of hydrogen-bond donors (Lipinski definition) is 2. The SMILES string of the molecule is CC(C)[C@@H](NS(=O)(=O)N(C)C)c1nnc2n1CCNCC2. The second-order valence-electron chi connectivity index (χ2n) is 5.75. The number of nitrogens with one attached hydrogen (secondary N) is 2. The first kappa shape index (κ1) is 16.3. The topological polar surface area (TPSA) is 92.2 Å². The lowest BCUT2D eigenvalue weighted by atomic mass is 10.1. The van der Waals surface area contributed by atoms with Crippen LogP contribution in [-0.2, 0) is 23.2 Å². The first-order valence-electron chi connectivity index (χ1n) is 7.15. The summed E-state index contributed by atoms with van der Waals surface area (Å²) >= 11 is 0. The van der Waals surface area contributed by atoms with Crippen LogP contribution in [0.1, 0.15) is 31.5 Å². The third-order valence-corrected chi connectivity index (χ3v) is 5.11. The minimum atomic E-state index is -3.52. The van der Waals surface area contributed by atoms with Crippen molar-refractivity contribution in [3.05, 3.63) is 11.6 Å². The molecule has 0 fully saturated rings. The van der Waals surface area contributed by atoms with Gasteiger partial charge in [-0.1, -0.05) is 13.8 Å². The molecule has 0 amide bonds. The molecule has 1 atom stereocenters. The molecule has 8 nitrogen and oxygen atoms in total. The number of hydrogen-bond acceptors (Lipinski definition) is 5. The van der Waals surface area contributed by atoms with E-state index in [1.807, 2.05) is 18.4 Å². The zero-order valence-corrected chi connectivity index (χ0v) is 13.8. The summed E-state index contributed by atoms with van der Waals surface area (Å²) in [6.07, 6.45) is 0.804. The van der Waals surface area contributed by atoms with Crippen molar-refractivity contribution in [2.24, 2.45) is 5.92 Å². The van der Waals surface area contributed by atoms with E-state index in [-0.39, 0.29) is 5.92 Å². The van der Waals surface area contributed by atoms with Gasteiger partial charge in [0, 0.05) is 40.2 Å². The molecule has 0 spiro atoms. The zero-order valence-electron chi connectivity index (χ0n) is 13.0. The quantitative estimate of drug-likeness (QED) is 0.765. The summed E-state index contributed by atoms with van der Waals surface area (Å²) in [5.41, 5.74) is 0. The maximum Gasteiger partial charge on any atom is 0.279 e. The van der Waals surface area contributed by atoms with Crippen LogP contribution in [0.5, 0.6) is 0 Å². The molecule has 1 aromatic rings. The third-order valence-electron chi connectivity index (χ3n) is 3.60. The predicted octanol–water partition coefficient (Wildman–Crippen LogP) is -0.483. The molecule has 21 heavy (non-hydrogen) atoms. The molecular formula is C12H24N6O2S. The molecule has 0 bridgehead atoms. The summed E-state index contributed by atoms with van der Waals surface area (Å²) in [5, 5.41) is 11.8. The van der Waals surface area contributed by atoms with Crippen molar-refractivity contribution in [1.29, 1.82) is 0 Å². The van der Waals surface area contributed by atoms with Crippen LogP contribution in [0.25, 0.3) is 0 Å². The van der Waals surface area contributed by atoms with Crippen LogP contribution in [0.2, 0.25) is 0 Å². The smallest absolute Gasteiger partial charge is 0.279 e. The maximum absolute atomic E-state index is 12.1. The molecule has 9 heteroatoms. The lowest BCUT2D eigenvalue weighted by molar-refractivity contribution is 0.408. The van der Waals surface area contributed by atoms with Gasteiger partial charge in [-0.3, -0.25) is 0 Å². The van der Waals surface area contributed by atoms with Gasteiger partial charge < -0.3 is 9.88 Å². The minimum absolute atomic E-state index is 0.0734. The molecule has 0 saturated heterocycles. The molecular weight excluding hydrogens is 292 g/mol. The van der Waals surface area contributed by atoms with Crippen molar-refractivity contribution < 1.29 is 8.42 Å². The molecule has 2 N–H and O–H groups in total. The van der Waals surface area contributed by atoms with Crippen molar-refractivity contribution in [1.82, 2.24) is 29.1 Å². The molecule has 1 aromatic heterocycles. The molecule has 1 aliphatic heterocycles. The maximum atomic E-state index is 12.1. The summed E-state index contributed by atoms with van der Waals surface area (Å²) in [6.45, 7) is 6.40. The number of fused-ring (bicyclic) bond motifs is 1. The normalized spacial score (nSPS) is 17.8. The van der Waals surface area contributed by atoms with Crippen molar-refractivity contribution in [3.63, 3.8) is 0 Å². The highest BCUT2D eigenvalue weighted by Gasteiger charge is 2.29. The molecule has 0 unspecified atom stereocenters. The van der Waals surface area contributed by atoms with Gasteiger partial charge in [0.25, 0.3) is 10.2 Å². The van der Waals surface area contributed by atoms with Crippen LogP contribution in [0.4, 0.5) is 0 Å². The van der Waals surface area contributed by atoms with Gasteiger partial charge >= 0.3 is 0 Å². The Morgan fingerprint density at radius 2 is 2.00 bits per heavy atom. The lowest BCUT2D eigenvalue weighted by Gasteiger charge is -2.24. The summed E-state index contributed by atoms with van der Waals surface area (Å²) in [7, 11) is -0.502. The molecule has 2 rings (SSSR count). The summed E-state index contributed by atoms with van der Waals surface area (Å²) in [5.74, 6) is 1.67. The zero-order chi connectivity index (χ0) is 15.6. The summed E-state index contributed by atoms with van der Waals surface area (Å²) in [6, 6.07) is -0.392. The largest absolute Gasteiger partial charge is 0.315 e. The third kappa shape index (κ3) is 3.60. The standard InChI is InChI=1S/C12H24N6O2S/c1-9(2)11(16-21(19,20)17(3)4)12-15-14-10-5-6-13-7-8-18(10)12/h9,11,13,16H,5-8H2,1-4H3/t11-/m1/s1. The number of aromatic nitrogens is 3. The Kier molecular flexibility index (Phi) is 4.97. The Morgan fingerprint density at radius 3 is 2.62 bits per heavy atom. The van der Waals surface area contributed by atoms with E-state index in [1.165, 1.54) is 18.4 Å². The lowest BCUT2D eigenvalue weighted by Crippen LogP contribution is -2.41. The van der Waals surface area contributed by atoms with Crippen molar-refractivity contribution >= 4 is 10.2 Å². The highest BCUT2D eigenvalue weighted by molar-refractivity contribution is 7.87. The van der Waals surface area contributed by atoms with Crippen LogP contribution in [-0.4, -0.2) is 54.7 Å². The molecule has 0 radical (unpaired) electrons. The van der Waals surface area contributed by atoms with E-state index in [9.17, 15) is 8.42 Å². The highest BCUT2D eigenvalue weighted by atomic mass is 32.2. The second-order valence-corrected chi connectivity index (χ2v) is 7.67. The van der Waals surface area contributed by atoms with Gasteiger partial charge in [0.1, 0.15) is 5.82 Å². The molecule has 0 saturated carbocycles. The van der Waals surface area contributed by atoms with Crippen LogP contribution in [0, 0.1) is 5.92 Å². The molecule has 2 heterocycles. The first-order valence-corrected chi connectivity index (χ1v) is 8.59. The van der Waals surface area contributed by atoms with E-state index in [0.29, 0.717) is 5.82 Å². The van der Waals surface area contributed by atoms with Gasteiger partial charge in [-0.2, -0.15) is 17.4 Å². The minimum Gasteiger partial charge on any atom is -0.315 e. The Labute approximate surface area is 126 Å². The van der Waals surface area contributed by atoms with Gasteiger partial charge in [0.15, 0.2) is 5.82 Å². The summed E-state index contributed by atoms with van der Waals surface area (Å²) < 4.78 is 30.2. The summed E-state index contributed by atoms with van der Waals surface area (Å²) in [4.78, 5) is 0. The fourth-order valence-corrected chi connectivity index (χ4v) is 3.19. The van der Waals surface area contributed by atoms with E-state index in [4.69, 9.17) is 0 Å². The van der Waals surface area contributed by atoms with Gasteiger partial charge in [0.05, 0.1) is 6.04 Å². The van der Waals surface area contributed by atoms with Crippen LogP contribution in [0.15, 0.2) is 0 Å². The molecule has 120 valence electrons. The van der Waals surface area contributed by atoms with Gasteiger partial charge in [-0.05, 0) is 5.92 Å². The van der Waals surface area contributed by atoms with Gasteiger partial charge in [-0.15, -0.1) is 10.2 Å². The molecule has 0 aliphatic carbocycles. The Hall–Kier alpha value is -1.03. The van der Waals surface area contributed by atoms with Crippen molar-refractivity contribution in [2.45, 2.75) is 32.9 Å². The van der Waals surface area contributed by atoms with Crippen molar-refractivity contribution in [3.8, 4) is 0 Å². The predicted molar refractivity (Wildman–Crippen MR) is 79.9 cm³/mol. The highest BCUT2D eigenvalue weighted by Crippen LogP contribution is 2.22. The molecule has 1 aliphatic rings. The average Bonchev–Trinajstić information content (AvgIpc) is 2.64. The monoisotopic (exact) mass is 316 g/mol. The van der Waals surface area contributed by atoms with E-state index in [0.717, 1.165) is 31.9 Å². The fourth-order valence-electron chi connectivity index (χ4n) is 2.28. The van der Waals surface area contributed by atoms with Gasteiger partial charge in [-0.25, -0.2) is 0 Å². The van der Waals surface area contributed by atoms with E-state index >= 15 is 0 Å². The van der Waals surface area contributed by atoms with E-state index < -0.39 is 16.3 Å². The number of rotatable bonds is 5. The van der Waals surface area contributed by atoms with Crippen molar-refractivity contribution in [2.75, 3.05) is 27.2 Å². The molecule has 0 aromatic carbocycles.